The van der Waals surface area contributed by atoms with E-state index in [1.54, 1.807) is 25.4 Å². The van der Waals surface area contributed by atoms with Gasteiger partial charge in [0.1, 0.15) is 11.6 Å². The van der Waals surface area contributed by atoms with E-state index in [9.17, 15) is 4.79 Å². The van der Waals surface area contributed by atoms with E-state index in [2.05, 4.69) is 20.9 Å². The second kappa shape index (κ2) is 6.02. The highest BCUT2D eigenvalue weighted by Crippen LogP contribution is 2.24. The Balaban J connectivity index is 2.25. The van der Waals surface area contributed by atoms with Crippen LogP contribution in [0.2, 0.25) is 0 Å². The Labute approximate surface area is 120 Å². The summed E-state index contributed by atoms with van der Waals surface area (Å²) in [6.07, 6.45) is 3.87. The van der Waals surface area contributed by atoms with E-state index in [1.165, 1.54) is 0 Å². The highest BCUT2D eigenvalue weighted by Gasteiger charge is 2.15. The van der Waals surface area contributed by atoms with E-state index >= 15 is 0 Å². The van der Waals surface area contributed by atoms with Crippen molar-refractivity contribution in [1.29, 1.82) is 0 Å². The molecule has 0 aliphatic carbocycles. The second-order valence-corrected chi connectivity index (χ2v) is 4.99. The number of aryl methyl sites for hydroxylation is 1. The van der Waals surface area contributed by atoms with Gasteiger partial charge in [-0.3, -0.25) is 4.79 Å². The zero-order valence-corrected chi connectivity index (χ0v) is 12.5. The predicted octanol–water partition coefficient (Wildman–Crippen LogP) is 3.10. The molecule has 1 aromatic carbocycles. The monoisotopic (exact) mass is 322 g/mol. The smallest absolute Gasteiger partial charge is 0.174 e. The summed E-state index contributed by atoms with van der Waals surface area (Å²) in [6.45, 7) is 2.83. The van der Waals surface area contributed by atoms with Gasteiger partial charge in [-0.2, -0.15) is 0 Å². The molecule has 1 aromatic heterocycles. The van der Waals surface area contributed by atoms with Gasteiger partial charge in [0.2, 0.25) is 0 Å². The Bertz CT molecular complexity index is 593. The Kier molecular flexibility index (Phi) is 4.37. The number of carbonyl (C=O) groups excluding carboxylic acids is 1. The zero-order chi connectivity index (χ0) is 13.8. The molecule has 1 heterocycles. The second-order valence-electron chi connectivity index (χ2n) is 4.07. The molecule has 100 valence electrons. The summed E-state index contributed by atoms with van der Waals surface area (Å²) in [4.78, 5) is 16.5. The average molecular weight is 323 g/mol. The van der Waals surface area contributed by atoms with Crippen LogP contribution in [-0.2, 0) is 13.0 Å². The quantitative estimate of drug-likeness (QED) is 0.794. The first-order valence-electron chi connectivity index (χ1n) is 6.02. The molecule has 2 rings (SSSR count). The van der Waals surface area contributed by atoms with Gasteiger partial charge in [-0.15, -0.1) is 0 Å². The van der Waals surface area contributed by atoms with Gasteiger partial charge < -0.3 is 9.30 Å². The summed E-state index contributed by atoms with van der Waals surface area (Å²) < 4.78 is 8.09. The lowest BCUT2D eigenvalue weighted by molar-refractivity contribution is 0.0987. The number of rotatable bonds is 5. The predicted molar refractivity (Wildman–Crippen MR) is 76.6 cm³/mol. The van der Waals surface area contributed by atoms with Crippen molar-refractivity contribution < 1.29 is 9.53 Å². The van der Waals surface area contributed by atoms with Crippen LogP contribution in [0.3, 0.4) is 0 Å². The molecule has 0 spiro atoms. The van der Waals surface area contributed by atoms with E-state index in [0.717, 1.165) is 16.8 Å². The number of halogens is 1. The van der Waals surface area contributed by atoms with Gasteiger partial charge in [-0.25, -0.2) is 4.98 Å². The van der Waals surface area contributed by atoms with E-state index in [1.807, 2.05) is 23.8 Å². The molecule has 2 aromatic rings. The first-order valence-corrected chi connectivity index (χ1v) is 6.81. The van der Waals surface area contributed by atoms with Crippen LogP contribution in [0.25, 0.3) is 0 Å². The van der Waals surface area contributed by atoms with Crippen LogP contribution in [0, 0.1) is 0 Å². The third-order valence-electron chi connectivity index (χ3n) is 2.93. The van der Waals surface area contributed by atoms with Crippen molar-refractivity contribution >= 4 is 21.7 Å². The number of Topliss-reactive ketones (excluding diaryl/α,β-unsaturated/α-hetero) is 1. The largest absolute Gasteiger partial charge is 0.496 e. The number of carbonyl (C=O) groups is 1. The maximum absolute atomic E-state index is 12.3. The lowest BCUT2D eigenvalue weighted by Gasteiger charge is -2.08. The Morgan fingerprint density at radius 2 is 2.26 bits per heavy atom. The summed E-state index contributed by atoms with van der Waals surface area (Å²) in [6, 6.07) is 5.39. The SMILES string of the molecule is CCn1ccnc1CC(=O)c1ccc(Br)cc1OC. The number of hydrogen-bond acceptors (Lipinski definition) is 3. The molecule has 0 aliphatic rings. The first kappa shape index (κ1) is 13.8. The molecule has 0 atom stereocenters. The highest BCUT2D eigenvalue weighted by molar-refractivity contribution is 9.10. The Morgan fingerprint density at radius 3 is 2.95 bits per heavy atom. The molecule has 0 amide bonds. The highest BCUT2D eigenvalue weighted by atomic mass is 79.9. The van der Waals surface area contributed by atoms with Crippen molar-refractivity contribution in [3.8, 4) is 5.75 Å². The van der Waals surface area contributed by atoms with Gasteiger partial charge in [0.15, 0.2) is 5.78 Å². The number of benzene rings is 1. The normalized spacial score (nSPS) is 10.5. The Hall–Kier alpha value is -1.62. The number of ether oxygens (including phenoxy) is 1. The van der Waals surface area contributed by atoms with Crippen molar-refractivity contribution in [2.75, 3.05) is 7.11 Å². The number of hydrogen-bond donors (Lipinski definition) is 0. The summed E-state index contributed by atoms with van der Waals surface area (Å²) in [5.41, 5.74) is 0.580. The van der Waals surface area contributed by atoms with Crippen LogP contribution >= 0.6 is 15.9 Å². The van der Waals surface area contributed by atoms with Crippen molar-refractivity contribution in [2.24, 2.45) is 0 Å². The molecular weight excluding hydrogens is 308 g/mol. The molecule has 4 nitrogen and oxygen atoms in total. The molecule has 5 heteroatoms. The topological polar surface area (TPSA) is 44.1 Å². The van der Waals surface area contributed by atoms with Crippen molar-refractivity contribution in [3.63, 3.8) is 0 Å². The maximum Gasteiger partial charge on any atom is 0.174 e. The van der Waals surface area contributed by atoms with Gasteiger partial charge in [0.25, 0.3) is 0 Å². The number of nitrogens with zero attached hydrogens (tertiary/aromatic N) is 2. The van der Waals surface area contributed by atoms with Crippen molar-refractivity contribution in [2.45, 2.75) is 19.9 Å². The third kappa shape index (κ3) is 3.04. The lowest BCUT2D eigenvalue weighted by atomic mass is 10.1. The molecule has 0 N–H and O–H groups in total. The van der Waals surface area contributed by atoms with Crippen LogP contribution in [0.4, 0.5) is 0 Å². The van der Waals surface area contributed by atoms with Crippen molar-refractivity contribution in [3.05, 3.63) is 46.5 Å². The number of imidazole rings is 1. The molecule has 19 heavy (non-hydrogen) atoms. The van der Waals surface area contributed by atoms with E-state index in [-0.39, 0.29) is 12.2 Å². The molecule has 0 fully saturated rings. The number of methoxy groups -OCH3 is 1. The van der Waals surface area contributed by atoms with Crippen LogP contribution < -0.4 is 4.74 Å². The molecule has 0 radical (unpaired) electrons. The van der Waals surface area contributed by atoms with Crippen LogP contribution in [0.5, 0.6) is 5.75 Å². The van der Waals surface area contributed by atoms with Gasteiger partial charge >= 0.3 is 0 Å². The molecule has 0 saturated carbocycles. The molecular formula is C14H15BrN2O2. The van der Waals surface area contributed by atoms with Crippen LogP contribution in [0.1, 0.15) is 23.1 Å². The Morgan fingerprint density at radius 1 is 1.47 bits per heavy atom. The fraction of sp³-hybridized carbons (Fsp3) is 0.286. The number of aromatic nitrogens is 2. The minimum atomic E-state index is 0.00486. The van der Waals surface area contributed by atoms with Crippen molar-refractivity contribution in [1.82, 2.24) is 9.55 Å². The fourth-order valence-corrected chi connectivity index (χ4v) is 2.27. The van der Waals surface area contributed by atoms with E-state index in [0.29, 0.717) is 11.3 Å². The number of ketones is 1. The minimum Gasteiger partial charge on any atom is -0.496 e. The van der Waals surface area contributed by atoms with E-state index in [4.69, 9.17) is 4.74 Å². The summed E-state index contributed by atoms with van der Waals surface area (Å²) in [5, 5.41) is 0. The standard InChI is InChI=1S/C14H15BrN2O2/c1-3-17-7-6-16-14(17)9-12(18)11-5-4-10(15)8-13(11)19-2/h4-8H,3,9H2,1-2H3. The lowest BCUT2D eigenvalue weighted by Crippen LogP contribution is -2.10. The molecule has 0 saturated heterocycles. The summed E-state index contributed by atoms with van der Waals surface area (Å²) >= 11 is 3.36. The zero-order valence-electron chi connectivity index (χ0n) is 10.9. The third-order valence-corrected chi connectivity index (χ3v) is 3.42. The average Bonchev–Trinajstić information content (AvgIpc) is 2.85. The van der Waals surface area contributed by atoms with Gasteiger partial charge in [0.05, 0.1) is 19.1 Å². The van der Waals surface area contributed by atoms with Crippen LogP contribution in [0.15, 0.2) is 35.1 Å². The maximum atomic E-state index is 12.3. The molecule has 0 bridgehead atoms. The minimum absolute atomic E-state index is 0.00486. The van der Waals surface area contributed by atoms with Gasteiger partial charge in [-0.05, 0) is 25.1 Å². The van der Waals surface area contributed by atoms with Crippen LogP contribution in [-0.4, -0.2) is 22.4 Å². The van der Waals surface area contributed by atoms with E-state index < -0.39 is 0 Å². The van der Waals surface area contributed by atoms with Gasteiger partial charge in [0, 0.05) is 23.4 Å². The summed E-state index contributed by atoms with van der Waals surface area (Å²) in [5.74, 6) is 1.36. The molecule has 0 unspecified atom stereocenters. The molecule has 0 aliphatic heterocycles. The fourth-order valence-electron chi connectivity index (χ4n) is 1.93. The van der Waals surface area contributed by atoms with Gasteiger partial charge in [-0.1, -0.05) is 15.9 Å². The summed E-state index contributed by atoms with van der Waals surface area (Å²) in [7, 11) is 1.56. The first-order chi connectivity index (χ1) is 9.15.